The molecule has 1 aliphatic rings. The molecule has 0 aliphatic carbocycles. The van der Waals surface area contributed by atoms with Crippen molar-refractivity contribution in [2.45, 2.75) is 46.1 Å². The highest BCUT2D eigenvalue weighted by Crippen LogP contribution is 2.34. The van der Waals surface area contributed by atoms with E-state index >= 15 is 0 Å². The smallest absolute Gasteiger partial charge is 0.326 e. The van der Waals surface area contributed by atoms with Crippen LogP contribution in [0, 0.1) is 11.3 Å². The van der Waals surface area contributed by atoms with Gasteiger partial charge in [-0.05, 0) is 24.2 Å². The number of carboxylic acid groups (broad SMARTS) is 1. The second kappa shape index (κ2) is 6.92. The molecule has 3 N–H and O–H groups in total. The Morgan fingerprint density at radius 3 is 2.25 bits per heavy atom. The molecule has 1 rings (SSSR count). The number of carboxylic acids is 1. The zero-order chi connectivity index (χ0) is 15.3. The van der Waals surface area contributed by atoms with Crippen LogP contribution in [0.2, 0.25) is 0 Å². The van der Waals surface area contributed by atoms with Gasteiger partial charge in [0.2, 0.25) is 0 Å². The number of likely N-dealkylation sites (tertiary alicyclic amines) is 1. The number of hydrogen-bond acceptors (Lipinski definition) is 3. The maximum Gasteiger partial charge on any atom is 0.326 e. The molecule has 116 valence electrons. The summed E-state index contributed by atoms with van der Waals surface area (Å²) >= 11 is 0. The van der Waals surface area contributed by atoms with E-state index in [9.17, 15) is 9.59 Å². The van der Waals surface area contributed by atoms with Crippen molar-refractivity contribution in [2.75, 3.05) is 19.7 Å². The number of amides is 2. The summed E-state index contributed by atoms with van der Waals surface area (Å²) in [6.45, 7) is 7.65. The SMILES string of the molecule is CC(C)(C)C1CCN(C(=O)N[C@@H](CCO)C(=O)O)CC1. The lowest BCUT2D eigenvalue weighted by Gasteiger charge is -2.39. The van der Waals surface area contributed by atoms with Gasteiger partial charge in [-0.25, -0.2) is 9.59 Å². The summed E-state index contributed by atoms with van der Waals surface area (Å²) in [6, 6.07) is -1.37. The van der Waals surface area contributed by atoms with Crippen LogP contribution in [-0.4, -0.2) is 52.9 Å². The largest absolute Gasteiger partial charge is 0.480 e. The van der Waals surface area contributed by atoms with E-state index in [2.05, 4.69) is 26.1 Å². The first-order chi connectivity index (χ1) is 9.25. The van der Waals surface area contributed by atoms with Crippen molar-refractivity contribution in [1.29, 1.82) is 0 Å². The molecule has 0 aromatic heterocycles. The molecule has 20 heavy (non-hydrogen) atoms. The monoisotopic (exact) mass is 286 g/mol. The fraction of sp³-hybridized carbons (Fsp3) is 0.857. The summed E-state index contributed by atoms with van der Waals surface area (Å²) in [6.07, 6.45) is 1.91. The molecule has 0 aromatic rings. The Bertz CT molecular complexity index is 344. The van der Waals surface area contributed by atoms with Gasteiger partial charge in [-0.1, -0.05) is 20.8 Å². The fourth-order valence-corrected chi connectivity index (χ4v) is 2.58. The van der Waals surface area contributed by atoms with E-state index in [1.54, 1.807) is 4.90 Å². The van der Waals surface area contributed by atoms with Crippen molar-refractivity contribution in [2.24, 2.45) is 11.3 Å². The highest BCUT2D eigenvalue weighted by molar-refractivity contribution is 5.82. The molecule has 0 radical (unpaired) electrons. The maximum atomic E-state index is 12.0. The third-order valence-corrected chi connectivity index (χ3v) is 4.02. The molecule has 0 spiro atoms. The second-order valence-corrected chi connectivity index (χ2v) is 6.48. The van der Waals surface area contributed by atoms with Crippen LogP contribution >= 0.6 is 0 Å². The Hall–Kier alpha value is -1.30. The summed E-state index contributed by atoms with van der Waals surface area (Å²) < 4.78 is 0. The maximum absolute atomic E-state index is 12.0. The molecule has 2 amide bonds. The number of aliphatic hydroxyl groups excluding tert-OH is 1. The van der Waals surface area contributed by atoms with E-state index in [1.165, 1.54) is 0 Å². The van der Waals surface area contributed by atoms with Gasteiger partial charge in [0.1, 0.15) is 6.04 Å². The van der Waals surface area contributed by atoms with Crippen LogP contribution in [0.5, 0.6) is 0 Å². The minimum Gasteiger partial charge on any atom is -0.480 e. The first kappa shape index (κ1) is 16.8. The van der Waals surface area contributed by atoms with E-state index in [1.807, 2.05) is 0 Å². The van der Waals surface area contributed by atoms with Crippen LogP contribution < -0.4 is 5.32 Å². The standard InChI is InChI=1S/C14H26N2O4/c1-14(2,3)10-4-7-16(8-5-10)13(20)15-11(6-9-17)12(18)19/h10-11,17H,4-9H2,1-3H3,(H,15,20)(H,18,19)/t11-/m0/s1. The summed E-state index contributed by atoms with van der Waals surface area (Å²) in [7, 11) is 0. The van der Waals surface area contributed by atoms with Gasteiger partial charge in [-0.15, -0.1) is 0 Å². The number of nitrogens with one attached hydrogen (secondary N) is 1. The summed E-state index contributed by atoms with van der Waals surface area (Å²) in [5.41, 5.74) is 0.239. The highest BCUT2D eigenvalue weighted by atomic mass is 16.4. The number of nitrogens with zero attached hydrogens (tertiary/aromatic N) is 1. The predicted octanol–water partition coefficient (Wildman–Crippen LogP) is 1.29. The molecular weight excluding hydrogens is 260 g/mol. The van der Waals surface area contributed by atoms with Crippen molar-refractivity contribution < 1.29 is 19.8 Å². The number of piperidine rings is 1. The van der Waals surface area contributed by atoms with Crippen LogP contribution in [0.15, 0.2) is 0 Å². The molecule has 0 saturated carbocycles. The number of rotatable bonds is 4. The number of urea groups is 1. The summed E-state index contributed by atoms with van der Waals surface area (Å²) in [4.78, 5) is 24.6. The molecule has 1 aliphatic heterocycles. The molecule has 1 heterocycles. The van der Waals surface area contributed by atoms with Gasteiger partial charge >= 0.3 is 12.0 Å². The number of carbonyl (C=O) groups excluding carboxylic acids is 1. The second-order valence-electron chi connectivity index (χ2n) is 6.48. The number of aliphatic carboxylic acids is 1. The average Bonchev–Trinajstić information content (AvgIpc) is 2.37. The fourth-order valence-electron chi connectivity index (χ4n) is 2.58. The van der Waals surface area contributed by atoms with Crippen LogP contribution in [0.3, 0.4) is 0 Å². The molecule has 1 saturated heterocycles. The molecule has 0 bridgehead atoms. The van der Waals surface area contributed by atoms with Crippen molar-refractivity contribution in [3.05, 3.63) is 0 Å². The topological polar surface area (TPSA) is 89.9 Å². The molecule has 6 heteroatoms. The number of hydrogen-bond donors (Lipinski definition) is 3. The first-order valence-electron chi connectivity index (χ1n) is 7.14. The minimum atomic E-state index is -1.11. The Labute approximate surface area is 120 Å². The Morgan fingerprint density at radius 1 is 1.30 bits per heavy atom. The van der Waals surface area contributed by atoms with Gasteiger partial charge in [0.15, 0.2) is 0 Å². The van der Waals surface area contributed by atoms with Crippen molar-refractivity contribution in [3.8, 4) is 0 Å². The lowest BCUT2D eigenvalue weighted by atomic mass is 9.75. The molecule has 0 aromatic carbocycles. The molecule has 1 fully saturated rings. The summed E-state index contributed by atoms with van der Waals surface area (Å²) in [5, 5.41) is 20.2. The van der Waals surface area contributed by atoms with Crippen molar-refractivity contribution >= 4 is 12.0 Å². The van der Waals surface area contributed by atoms with E-state index < -0.39 is 12.0 Å². The van der Waals surface area contributed by atoms with Gasteiger partial charge in [0.25, 0.3) is 0 Å². The number of aliphatic hydroxyl groups is 1. The van der Waals surface area contributed by atoms with Crippen LogP contribution in [0.1, 0.15) is 40.0 Å². The predicted molar refractivity (Wildman–Crippen MR) is 75.4 cm³/mol. The Balaban J connectivity index is 2.48. The van der Waals surface area contributed by atoms with E-state index in [0.717, 1.165) is 12.8 Å². The van der Waals surface area contributed by atoms with Crippen molar-refractivity contribution in [3.63, 3.8) is 0 Å². The molecule has 1 atom stereocenters. The van der Waals surface area contributed by atoms with Gasteiger partial charge in [-0.3, -0.25) is 0 Å². The van der Waals surface area contributed by atoms with Gasteiger partial charge in [-0.2, -0.15) is 0 Å². The third-order valence-electron chi connectivity index (χ3n) is 4.02. The van der Waals surface area contributed by atoms with Gasteiger partial charge in [0.05, 0.1) is 0 Å². The lowest BCUT2D eigenvalue weighted by molar-refractivity contribution is -0.139. The van der Waals surface area contributed by atoms with E-state index in [4.69, 9.17) is 10.2 Å². The zero-order valence-electron chi connectivity index (χ0n) is 12.6. The van der Waals surface area contributed by atoms with Crippen molar-refractivity contribution in [1.82, 2.24) is 10.2 Å². The van der Waals surface area contributed by atoms with Crippen LogP contribution in [0.25, 0.3) is 0 Å². The lowest BCUT2D eigenvalue weighted by Crippen LogP contribution is -2.51. The Kier molecular flexibility index (Phi) is 5.80. The third kappa shape index (κ3) is 4.67. The molecular formula is C14H26N2O4. The molecule has 6 nitrogen and oxygen atoms in total. The van der Waals surface area contributed by atoms with Crippen LogP contribution in [-0.2, 0) is 4.79 Å². The number of carbonyl (C=O) groups is 2. The quantitative estimate of drug-likeness (QED) is 0.726. The highest BCUT2D eigenvalue weighted by Gasteiger charge is 2.31. The van der Waals surface area contributed by atoms with Gasteiger partial charge in [0, 0.05) is 26.1 Å². The van der Waals surface area contributed by atoms with E-state index in [0.29, 0.717) is 19.0 Å². The Morgan fingerprint density at radius 2 is 1.85 bits per heavy atom. The van der Waals surface area contributed by atoms with Gasteiger partial charge < -0.3 is 20.4 Å². The van der Waals surface area contributed by atoms with Crippen LogP contribution in [0.4, 0.5) is 4.79 Å². The molecule has 0 unspecified atom stereocenters. The summed E-state index contributed by atoms with van der Waals surface area (Å²) in [5.74, 6) is -0.531. The average molecular weight is 286 g/mol. The normalized spacial score (nSPS) is 18.7. The zero-order valence-corrected chi connectivity index (χ0v) is 12.6. The first-order valence-corrected chi connectivity index (χ1v) is 7.14. The minimum absolute atomic E-state index is 0.0273. The van der Waals surface area contributed by atoms with E-state index in [-0.39, 0.29) is 24.5 Å².